The molecule has 0 radical (unpaired) electrons. The molecule has 3 nitrogen and oxygen atoms in total. The third-order valence-corrected chi connectivity index (χ3v) is 2.81. The Morgan fingerprint density at radius 3 is 2.80 bits per heavy atom. The van der Waals surface area contributed by atoms with Gasteiger partial charge in [-0.05, 0) is 50.4 Å². The molecule has 1 atom stereocenters. The first-order chi connectivity index (χ1) is 7.15. The molecule has 0 bridgehead atoms. The van der Waals surface area contributed by atoms with E-state index in [1.54, 1.807) is 0 Å². The molecule has 0 aliphatic rings. The Hall–Kier alpha value is -0.930. The lowest BCUT2D eigenvalue weighted by Gasteiger charge is -2.13. The zero-order chi connectivity index (χ0) is 11.3. The minimum atomic E-state index is 0.182. The molecule has 4 N–H and O–H groups in total. The second-order valence-corrected chi connectivity index (χ2v) is 4.09. The first kappa shape index (κ1) is 12.1. The SMILES string of the molecule is Cc1ccnc(CC(N)CCCN)c1C. The molecule has 0 aliphatic carbocycles. The predicted molar refractivity (Wildman–Crippen MR) is 63.7 cm³/mol. The number of aryl methyl sites for hydroxylation is 1. The zero-order valence-electron chi connectivity index (χ0n) is 9.66. The second kappa shape index (κ2) is 5.83. The number of hydrogen-bond donors (Lipinski definition) is 2. The summed E-state index contributed by atoms with van der Waals surface area (Å²) in [6.45, 7) is 4.92. The Morgan fingerprint density at radius 2 is 2.13 bits per heavy atom. The van der Waals surface area contributed by atoms with Crippen LogP contribution in [0, 0.1) is 13.8 Å². The van der Waals surface area contributed by atoms with Gasteiger partial charge in [0.05, 0.1) is 0 Å². The van der Waals surface area contributed by atoms with Crippen molar-refractivity contribution >= 4 is 0 Å². The third kappa shape index (κ3) is 3.61. The van der Waals surface area contributed by atoms with E-state index in [1.165, 1.54) is 11.1 Å². The maximum atomic E-state index is 6.02. The van der Waals surface area contributed by atoms with Gasteiger partial charge < -0.3 is 11.5 Å². The van der Waals surface area contributed by atoms with Gasteiger partial charge in [0.15, 0.2) is 0 Å². The molecule has 1 unspecified atom stereocenters. The molecule has 3 heteroatoms. The van der Waals surface area contributed by atoms with Gasteiger partial charge in [-0.1, -0.05) is 0 Å². The molecular weight excluding hydrogens is 186 g/mol. The molecule has 84 valence electrons. The second-order valence-electron chi connectivity index (χ2n) is 4.09. The minimum Gasteiger partial charge on any atom is -0.330 e. The monoisotopic (exact) mass is 207 g/mol. The van der Waals surface area contributed by atoms with Crippen molar-refractivity contribution in [1.82, 2.24) is 4.98 Å². The van der Waals surface area contributed by atoms with E-state index < -0.39 is 0 Å². The van der Waals surface area contributed by atoms with E-state index in [0.29, 0.717) is 6.54 Å². The fourth-order valence-electron chi connectivity index (χ4n) is 1.62. The summed E-state index contributed by atoms with van der Waals surface area (Å²) in [6.07, 6.45) is 4.68. The number of nitrogens with two attached hydrogens (primary N) is 2. The van der Waals surface area contributed by atoms with Crippen LogP contribution in [0.3, 0.4) is 0 Å². The predicted octanol–water partition coefficient (Wildman–Crippen LogP) is 1.31. The van der Waals surface area contributed by atoms with Gasteiger partial charge in [0, 0.05) is 24.4 Å². The number of aromatic nitrogens is 1. The van der Waals surface area contributed by atoms with Crippen LogP contribution in [-0.4, -0.2) is 17.6 Å². The van der Waals surface area contributed by atoms with Crippen molar-refractivity contribution < 1.29 is 0 Å². The highest BCUT2D eigenvalue weighted by atomic mass is 14.7. The van der Waals surface area contributed by atoms with Crippen LogP contribution in [0.2, 0.25) is 0 Å². The topological polar surface area (TPSA) is 64.9 Å². The average Bonchev–Trinajstić information content (AvgIpc) is 2.22. The van der Waals surface area contributed by atoms with Crippen LogP contribution < -0.4 is 11.5 Å². The summed E-state index contributed by atoms with van der Waals surface area (Å²) in [7, 11) is 0. The number of rotatable bonds is 5. The average molecular weight is 207 g/mol. The Labute approximate surface area is 91.9 Å². The van der Waals surface area contributed by atoms with E-state index >= 15 is 0 Å². The van der Waals surface area contributed by atoms with Crippen LogP contribution >= 0.6 is 0 Å². The van der Waals surface area contributed by atoms with E-state index in [1.807, 2.05) is 12.3 Å². The first-order valence-corrected chi connectivity index (χ1v) is 5.52. The fourth-order valence-corrected chi connectivity index (χ4v) is 1.62. The Morgan fingerprint density at radius 1 is 1.40 bits per heavy atom. The Bertz CT molecular complexity index is 310. The molecule has 0 saturated carbocycles. The molecule has 1 aromatic heterocycles. The van der Waals surface area contributed by atoms with Gasteiger partial charge >= 0.3 is 0 Å². The summed E-state index contributed by atoms with van der Waals surface area (Å²) >= 11 is 0. The quantitative estimate of drug-likeness (QED) is 0.765. The number of nitrogens with zero attached hydrogens (tertiary/aromatic N) is 1. The summed E-state index contributed by atoms with van der Waals surface area (Å²) in [6, 6.07) is 2.21. The Balaban J connectivity index is 2.60. The van der Waals surface area contributed by atoms with Crippen molar-refractivity contribution in [2.75, 3.05) is 6.54 Å². The van der Waals surface area contributed by atoms with E-state index in [2.05, 4.69) is 18.8 Å². The molecule has 15 heavy (non-hydrogen) atoms. The number of pyridine rings is 1. The van der Waals surface area contributed by atoms with Crippen molar-refractivity contribution in [3.05, 3.63) is 29.1 Å². The van der Waals surface area contributed by atoms with Crippen LogP contribution in [-0.2, 0) is 6.42 Å². The lowest BCUT2D eigenvalue weighted by Crippen LogP contribution is -2.24. The van der Waals surface area contributed by atoms with Crippen molar-refractivity contribution in [2.45, 2.75) is 39.2 Å². The zero-order valence-corrected chi connectivity index (χ0v) is 9.66. The summed E-state index contributed by atoms with van der Waals surface area (Å²) in [5.41, 5.74) is 15.1. The molecular formula is C12H21N3. The van der Waals surface area contributed by atoms with Gasteiger partial charge in [-0.2, -0.15) is 0 Å². The van der Waals surface area contributed by atoms with Gasteiger partial charge in [-0.15, -0.1) is 0 Å². The molecule has 1 rings (SSSR count). The van der Waals surface area contributed by atoms with Crippen molar-refractivity contribution in [2.24, 2.45) is 11.5 Å². The summed E-state index contributed by atoms with van der Waals surface area (Å²) in [4.78, 5) is 4.38. The highest BCUT2D eigenvalue weighted by Crippen LogP contribution is 2.12. The van der Waals surface area contributed by atoms with Crippen LogP contribution in [0.15, 0.2) is 12.3 Å². The molecule has 0 amide bonds. The molecule has 1 heterocycles. The van der Waals surface area contributed by atoms with Crippen LogP contribution in [0.4, 0.5) is 0 Å². The van der Waals surface area contributed by atoms with Crippen molar-refractivity contribution in [3.8, 4) is 0 Å². The van der Waals surface area contributed by atoms with Gasteiger partial charge in [-0.25, -0.2) is 0 Å². The van der Waals surface area contributed by atoms with Gasteiger partial charge in [0.25, 0.3) is 0 Å². The smallest absolute Gasteiger partial charge is 0.0450 e. The van der Waals surface area contributed by atoms with Crippen molar-refractivity contribution in [1.29, 1.82) is 0 Å². The molecule has 0 fully saturated rings. The van der Waals surface area contributed by atoms with Crippen molar-refractivity contribution in [3.63, 3.8) is 0 Å². The normalized spacial score (nSPS) is 12.8. The molecule has 0 spiro atoms. The van der Waals surface area contributed by atoms with Crippen LogP contribution in [0.5, 0.6) is 0 Å². The summed E-state index contributed by atoms with van der Waals surface area (Å²) in [5.74, 6) is 0. The highest BCUT2D eigenvalue weighted by molar-refractivity contribution is 5.27. The van der Waals surface area contributed by atoms with Gasteiger partial charge in [-0.3, -0.25) is 4.98 Å². The summed E-state index contributed by atoms with van der Waals surface area (Å²) in [5, 5.41) is 0. The highest BCUT2D eigenvalue weighted by Gasteiger charge is 2.08. The summed E-state index contributed by atoms with van der Waals surface area (Å²) < 4.78 is 0. The third-order valence-electron chi connectivity index (χ3n) is 2.81. The molecule has 0 saturated heterocycles. The number of hydrogen-bond acceptors (Lipinski definition) is 3. The maximum absolute atomic E-state index is 6.02. The molecule has 1 aromatic rings. The lowest BCUT2D eigenvalue weighted by molar-refractivity contribution is 0.577. The minimum absolute atomic E-state index is 0.182. The van der Waals surface area contributed by atoms with E-state index in [-0.39, 0.29) is 6.04 Å². The van der Waals surface area contributed by atoms with E-state index in [0.717, 1.165) is 25.0 Å². The fraction of sp³-hybridized carbons (Fsp3) is 0.583. The van der Waals surface area contributed by atoms with Gasteiger partial charge in [0.1, 0.15) is 0 Å². The molecule has 0 aliphatic heterocycles. The van der Waals surface area contributed by atoms with Crippen LogP contribution in [0.25, 0.3) is 0 Å². The maximum Gasteiger partial charge on any atom is 0.0450 e. The van der Waals surface area contributed by atoms with Crippen LogP contribution in [0.1, 0.15) is 29.7 Å². The van der Waals surface area contributed by atoms with E-state index in [4.69, 9.17) is 11.5 Å². The largest absolute Gasteiger partial charge is 0.330 e. The Kier molecular flexibility index (Phi) is 4.72. The molecule has 0 aromatic carbocycles. The first-order valence-electron chi connectivity index (χ1n) is 5.52. The van der Waals surface area contributed by atoms with E-state index in [9.17, 15) is 0 Å². The standard InChI is InChI=1S/C12H21N3/c1-9-5-7-15-12(10(9)2)8-11(14)4-3-6-13/h5,7,11H,3-4,6,8,13-14H2,1-2H3. The van der Waals surface area contributed by atoms with Gasteiger partial charge in [0.2, 0.25) is 0 Å². The lowest BCUT2D eigenvalue weighted by atomic mass is 10.0.